The van der Waals surface area contributed by atoms with Crippen LogP contribution in [0.25, 0.3) is 0 Å². The van der Waals surface area contributed by atoms with Crippen molar-refractivity contribution in [1.82, 2.24) is 0 Å². The number of imide groups is 1. The molecule has 98 valence electrons. The highest BCUT2D eigenvalue weighted by Gasteiger charge is 2.60. The SMILES string of the molecule is Nc1ccc2c(c1)CC(=O)N2C(=O)C1(C(=O)O)CC1. The first-order valence-electron chi connectivity index (χ1n) is 5.95. The molecule has 1 aromatic carbocycles. The average molecular weight is 260 g/mol. The third kappa shape index (κ3) is 1.53. The molecule has 0 atom stereocenters. The van der Waals surface area contributed by atoms with E-state index in [0.29, 0.717) is 16.9 Å². The highest BCUT2D eigenvalue weighted by atomic mass is 16.4. The first-order valence-corrected chi connectivity index (χ1v) is 5.95. The van der Waals surface area contributed by atoms with Crippen molar-refractivity contribution in [2.24, 2.45) is 5.41 Å². The zero-order chi connectivity index (χ0) is 13.8. The standard InChI is InChI=1S/C13H12N2O4/c14-8-1-2-9-7(5-8)6-10(16)15(9)11(17)13(3-4-13)12(18)19/h1-2,5H,3-4,6,14H2,(H,18,19). The number of carboxylic acid groups (broad SMARTS) is 1. The van der Waals surface area contributed by atoms with Gasteiger partial charge in [-0.1, -0.05) is 0 Å². The molecule has 2 aliphatic rings. The van der Waals surface area contributed by atoms with E-state index in [2.05, 4.69) is 0 Å². The smallest absolute Gasteiger partial charge is 0.319 e. The van der Waals surface area contributed by atoms with Crippen molar-refractivity contribution in [2.45, 2.75) is 19.3 Å². The number of amides is 2. The quantitative estimate of drug-likeness (QED) is 0.459. The number of nitrogen functional groups attached to an aromatic ring is 1. The molecular formula is C13H12N2O4. The minimum Gasteiger partial charge on any atom is -0.480 e. The molecule has 1 fully saturated rings. The molecule has 1 aromatic rings. The summed E-state index contributed by atoms with van der Waals surface area (Å²) in [5.74, 6) is -2.18. The van der Waals surface area contributed by atoms with Gasteiger partial charge < -0.3 is 10.8 Å². The van der Waals surface area contributed by atoms with Crippen LogP contribution in [0.1, 0.15) is 18.4 Å². The van der Waals surface area contributed by atoms with Crippen molar-refractivity contribution < 1.29 is 19.5 Å². The minimum absolute atomic E-state index is 0.0851. The van der Waals surface area contributed by atoms with E-state index in [9.17, 15) is 14.4 Å². The third-order valence-corrected chi connectivity index (χ3v) is 3.71. The Labute approximate surface area is 108 Å². The van der Waals surface area contributed by atoms with Gasteiger partial charge in [-0.3, -0.25) is 14.4 Å². The molecule has 6 heteroatoms. The van der Waals surface area contributed by atoms with E-state index in [4.69, 9.17) is 10.8 Å². The molecule has 1 saturated carbocycles. The van der Waals surface area contributed by atoms with Crippen molar-refractivity contribution in [3.8, 4) is 0 Å². The van der Waals surface area contributed by atoms with Crippen LogP contribution in [-0.2, 0) is 20.8 Å². The summed E-state index contributed by atoms with van der Waals surface area (Å²) >= 11 is 0. The number of fused-ring (bicyclic) bond motifs is 1. The van der Waals surface area contributed by atoms with E-state index in [1.807, 2.05) is 0 Å². The molecule has 3 rings (SSSR count). The van der Waals surface area contributed by atoms with Gasteiger partial charge in [0.25, 0.3) is 5.91 Å². The molecule has 0 spiro atoms. The zero-order valence-electron chi connectivity index (χ0n) is 10.0. The fourth-order valence-corrected chi connectivity index (χ4v) is 2.42. The highest BCUT2D eigenvalue weighted by molar-refractivity contribution is 6.25. The predicted molar refractivity (Wildman–Crippen MR) is 66.4 cm³/mol. The second kappa shape index (κ2) is 3.57. The Balaban J connectivity index is 2.01. The van der Waals surface area contributed by atoms with Crippen LogP contribution < -0.4 is 10.6 Å². The van der Waals surface area contributed by atoms with Crippen LogP contribution in [0.4, 0.5) is 11.4 Å². The Bertz CT molecular complexity index is 619. The van der Waals surface area contributed by atoms with Crippen molar-refractivity contribution in [3.63, 3.8) is 0 Å². The van der Waals surface area contributed by atoms with Crippen molar-refractivity contribution in [2.75, 3.05) is 10.6 Å². The van der Waals surface area contributed by atoms with Crippen molar-refractivity contribution >= 4 is 29.2 Å². The zero-order valence-corrected chi connectivity index (χ0v) is 10.0. The fourth-order valence-electron chi connectivity index (χ4n) is 2.42. The van der Waals surface area contributed by atoms with Crippen LogP contribution in [0, 0.1) is 5.41 Å². The summed E-state index contributed by atoms with van der Waals surface area (Å²) in [5.41, 5.74) is 5.87. The van der Waals surface area contributed by atoms with Crippen LogP contribution in [0.5, 0.6) is 0 Å². The van der Waals surface area contributed by atoms with E-state index < -0.39 is 23.2 Å². The second-order valence-corrected chi connectivity index (χ2v) is 4.99. The lowest BCUT2D eigenvalue weighted by molar-refractivity contribution is -0.148. The fraction of sp³-hybridized carbons (Fsp3) is 0.308. The number of hydrogen-bond donors (Lipinski definition) is 2. The van der Waals surface area contributed by atoms with Crippen LogP contribution in [0.15, 0.2) is 18.2 Å². The highest BCUT2D eigenvalue weighted by Crippen LogP contribution is 2.49. The van der Waals surface area contributed by atoms with Crippen LogP contribution in [-0.4, -0.2) is 22.9 Å². The van der Waals surface area contributed by atoms with Gasteiger partial charge in [0.1, 0.15) is 5.41 Å². The van der Waals surface area contributed by atoms with Crippen molar-refractivity contribution in [1.29, 1.82) is 0 Å². The number of carboxylic acids is 1. The Morgan fingerprint density at radius 1 is 1.32 bits per heavy atom. The predicted octanol–water partition coefficient (Wildman–Crippen LogP) is 0.549. The number of carbonyl (C=O) groups excluding carboxylic acids is 2. The molecule has 19 heavy (non-hydrogen) atoms. The number of nitrogens with two attached hydrogens (primary N) is 1. The minimum atomic E-state index is -1.40. The maximum absolute atomic E-state index is 12.3. The largest absolute Gasteiger partial charge is 0.480 e. The molecule has 0 unspecified atom stereocenters. The van der Waals surface area contributed by atoms with Crippen LogP contribution in [0.3, 0.4) is 0 Å². The summed E-state index contributed by atoms with van der Waals surface area (Å²) in [6.45, 7) is 0. The molecule has 2 amide bonds. The summed E-state index contributed by atoms with van der Waals surface area (Å²) in [5, 5.41) is 9.13. The maximum atomic E-state index is 12.3. The van der Waals surface area contributed by atoms with Gasteiger partial charge in [0.2, 0.25) is 5.91 Å². The molecule has 0 bridgehead atoms. The topological polar surface area (TPSA) is 101 Å². The van der Waals surface area contributed by atoms with Crippen LogP contribution in [0.2, 0.25) is 0 Å². The van der Waals surface area contributed by atoms with Gasteiger partial charge in [0.05, 0.1) is 12.1 Å². The molecule has 6 nitrogen and oxygen atoms in total. The van der Waals surface area contributed by atoms with E-state index >= 15 is 0 Å². The number of hydrogen-bond acceptors (Lipinski definition) is 4. The molecular weight excluding hydrogens is 248 g/mol. The summed E-state index contributed by atoms with van der Waals surface area (Å²) in [6.07, 6.45) is 0.659. The summed E-state index contributed by atoms with van der Waals surface area (Å²) in [7, 11) is 0. The Kier molecular flexibility index (Phi) is 2.20. The second-order valence-electron chi connectivity index (χ2n) is 4.99. The van der Waals surface area contributed by atoms with Gasteiger partial charge >= 0.3 is 5.97 Å². The summed E-state index contributed by atoms with van der Waals surface area (Å²) < 4.78 is 0. The van der Waals surface area contributed by atoms with E-state index in [1.54, 1.807) is 18.2 Å². The van der Waals surface area contributed by atoms with Gasteiger partial charge in [-0.2, -0.15) is 0 Å². The normalized spacial score (nSPS) is 19.2. The lowest BCUT2D eigenvalue weighted by Crippen LogP contribution is -2.42. The maximum Gasteiger partial charge on any atom is 0.319 e. The van der Waals surface area contributed by atoms with Crippen molar-refractivity contribution in [3.05, 3.63) is 23.8 Å². The van der Waals surface area contributed by atoms with E-state index in [0.717, 1.165) is 4.90 Å². The Morgan fingerprint density at radius 3 is 2.58 bits per heavy atom. The molecule has 1 heterocycles. The first-order chi connectivity index (χ1) is 8.95. The molecule has 1 aliphatic carbocycles. The van der Waals surface area contributed by atoms with Gasteiger partial charge in [0, 0.05) is 5.69 Å². The molecule has 1 aliphatic heterocycles. The molecule has 0 saturated heterocycles. The first kappa shape index (κ1) is 11.7. The lowest BCUT2D eigenvalue weighted by atomic mass is 10.1. The summed E-state index contributed by atoms with van der Waals surface area (Å²) in [4.78, 5) is 36.4. The number of carbonyl (C=O) groups is 3. The van der Waals surface area contributed by atoms with E-state index in [1.165, 1.54) is 0 Å². The number of benzene rings is 1. The lowest BCUT2D eigenvalue weighted by Gasteiger charge is -2.19. The Morgan fingerprint density at radius 2 is 2.00 bits per heavy atom. The van der Waals surface area contributed by atoms with Gasteiger partial charge in [-0.25, -0.2) is 4.90 Å². The van der Waals surface area contributed by atoms with E-state index in [-0.39, 0.29) is 19.3 Å². The van der Waals surface area contributed by atoms with Gasteiger partial charge in [-0.05, 0) is 36.6 Å². The number of nitrogens with zero attached hydrogens (tertiary/aromatic N) is 1. The van der Waals surface area contributed by atoms with Crippen LogP contribution >= 0.6 is 0 Å². The van der Waals surface area contributed by atoms with Gasteiger partial charge in [-0.15, -0.1) is 0 Å². The van der Waals surface area contributed by atoms with Gasteiger partial charge in [0.15, 0.2) is 0 Å². The number of rotatable bonds is 2. The molecule has 0 aromatic heterocycles. The molecule has 0 radical (unpaired) electrons. The third-order valence-electron chi connectivity index (χ3n) is 3.71. The monoisotopic (exact) mass is 260 g/mol. The summed E-state index contributed by atoms with van der Waals surface area (Å²) in [6, 6.07) is 4.82. The molecule has 3 N–H and O–H groups in total. The average Bonchev–Trinajstić information content (AvgIpc) is 3.08. The number of aliphatic carboxylic acids is 1. The number of anilines is 2. The Hall–Kier alpha value is -2.37.